The molecule has 1 aromatic heterocycles. The molecule has 32 heavy (non-hydrogen) atoms. The average Bonchev–Trinajstić information content (AvgIpc) is 3.24. The van der Waals surface area contributed by atoms with Crippen molar-refractivity contribution in [3.05, 3.63) is 89.6 Å². The number of carboxylic acids is 1. The van der Waals surface area contributed by atoms with Crippen LogP contribution in [0.1, 0.15) is 43.9 Å². The first-order valence-corrected chi connectivity index (χ1v) is 10.9. The number of H-pyrrole nitrogens is 1. The molecular weight excluding hydrogens is 398 g/mol. The van der Waals surface area contributed by atoms with E-state index in [-0.39, 0.29) is 11.8 Å². The number of carboxylic acid groups (broad SMARTS) is 1. The number of carbonyl (C=O) groups is 1. The van der Waals surface area contributed by atoms with Crippen LogP contribution in [0, 0.1) is 0 Å². The number of hydrogen-bond acceptors (Lipinski definition) is 2. The summed E-state index contributed by atoms with van der Waals surface area (Å²) in [5, 5.41) is 10.2. The van der Waals surface area contributed by atoms with Crippen molar-refractivity contribution in [2.45, 2.75) is 45.6 Å². The lowest BCUT2D eigenvalue weighted by atomic mass is 9.87. The summed E-state index contributed by atoms with van der Waals surface area (Å²) in [4.78, 5) is 14.3. The Balaban J connectivity index is 1.62. The van der Waals surface area contributed by atoms with E-state index in [0.29, 0.717) is 13.0 Å². The summed E-state index contributed by atoms with van der Waals surface area (Å²) in [7, 11) is 0. The zero-order valence-corrected chi connectivity index (χ0v) is 18.8. The highest BCUT2D eigenvalue weighted by Gasteiger charge is 2.14. The Morgan fingerprint density at radius 2 is 1.69 bits per heavy atom. The molecule has 0 spiro atoms. The van der Waals surface area contributed by atoms with Crippen LogP contribution in [0.5, 0.6) is 5.75 Å². The van der Waals surface area contributed by atoms with Crippen molar-refractivity contribution in [3.63, 3.8) is 0 Å². The van der Waals surface area contributed by atoms with Crippen LogP contribution in [0.15, 0.2) is 72.9 Å². The van der Waals surface area contributed by atoms with Crippen molar-refractivity contribution in [1.29, 1.82) is 0 Å². The average molecular weight is 428 g/mol. The lowest BCUT2D eigenvalue weighted by Gasteiger charge is -2.19. The predicted molar refractivity (Wildman–Crippen MR) is 129 cm³/mol. The third kappa shape index (κ3) is 5.02. The lowest BCUT2D eigenvalue weighted by molar-refractivity contribution is -0.136. The van der Waals surface area contributed by atoms with Crippen LogP contribution < -0.4 is 4.74 Å². The molecule has 0 atom stereocenters. The van der Waals surface area contributed by atoms with Crippen molar-refractivity contribution in [3.8, 4) is 16.9 Å². The molecule has 4 rings (SSSR count). The molecule has 4 heteroatoms. The van der Waals surface area contributed by atoms with Crippen molar-refractivity contribution in [2.75, 3.05) is 0 Å². The van der Waals surface area contributed by atoms with Gasteiger partial charge in [-0.25, -0.2) is 0 Å². The van der Waals surface area contributed by atoms with Crippen LogP contribution >= 0.6 is 0 Å². The highest BCUT2D eigenvalue weighted by Crippen LogP contribution is 2.34. The van der Waals surface area contributed by atoms with E-state index in [9.17, 15) is 4.79 Å². The Bertz CT molecular complexity index is 1230. The first-order chi connectivity index (χ1) is 15.3. The second-order valence-electron chi connectivity index (χ2n) is 9.24. The fourth-order valence-corrected chi connectivity index (χ4v) is 3.82. The topological polar surface area (TPSA) is 62.3 Å². The van der Waals surface area contributed by atoms with Crippen LogP contribution in [-0.4, -0.2) is 16.1 Å². The van der Waals surface area contributed by atoms with E-state index in [2.05, 4.69) is 74.3 Å². The van der Waals surface area contributed by atoms with Gasteiger partial charge in [0.2, 0.25) is 0 Å². The summed E-state index contributed by atoms with van der Waals surface area (Å²) in [5.41, 5.74) is 6.62. The predicted octanol–water partition coefficient (Wildman–Crippen LogP) is 6.73. The number of rotatable bonds is 7. The van der Waals surface area contributed by atoms with Gasteiger partial charge >= 0.3 is 5.97 Å². The molecule has 0 unspecified atom stereocenters. The maximum absolute atomic E-state index is 11.0. The zero-order valence-electron chi connectivity index (χ0n) is 18.8. The Morgan fingerprint density at radius 1 is 0.938 bits per heavy atom. The van der Waals surface area contributed by atoms with Crippen LogP contribution in [0.3, 0.4) is 0 Å². The quantitative estimate of drug-likeness (QED) is 0.344. The Hall–Kier alpha value is -3.53. The van der Waals surface area contributed by atoms with E-state index in [1.165, 1.54) is 5.56 Å². The highest BCUT2D eigenvalue weighted by molar-refractivity contribution is 5.86. The second kappa shape index (κ2) is 8.91. The number of hydrogen-bond donors (Lipinski definition) is 2. The molecule has 0 aliphatic heterocycles. The van der Waals surface area contributed by atoms with Gasteiger partial charge in [0.15, 0.2) is 0 Å². The van der Waals surface area contributed by atoms with E-state index >= 15 is 0 Å². The highest BCUT2D eigenvalue weighted by atomic mass is 16.5. The minimum Gasteiger partial charge on any atom is -0.488 e. The summed E-state index contributed by atoms with van der Waals surface area (Å²) in [6.45, 7) is 7.09. The minimum atomic E-state index is -0.792. The van der Waals surface area contributed by atoms with Crippen molar-refractivity contribution in [2.24, 2.45) is 0 Å². The van der Waals surface area contributed by atoms with E-state index in [0.717, 1.165) is 38.9 Å². The van der Waals surface area contributed by atoms with Gasteiger partial charge in [0, 0.05) is 23.7 Å². The van der Waals surface area contributed by atoms with Crippen molar-refractivity contribution >= 4 is 16.9 Å². The maximum Gasteiger partial charge on any atom is 0.303 e. The lowest BCUT2D eigenvalue weighted by Crippen LogP contribution is -2.10. The third-order valence-corrected chi connectivity index (χ3v) is 5.75. The number of aromatic nitrogens is 1. The van der Waals surface area contributed by atoms with Gasteiger partial charge in [-0.3, -0.25) is 4.79 Å². The van der Waals surface area contributed by atoms with Gasteiger partial charge in [-0.05, 0) is 69.8 Å². The molecule has 2 N–H and O–H groups in total. The number of aliphatic carboxylic acids is 1. The smallest absolute Gasteiger partial charge is 0.303 e. The Kier molecular flexibility index (Phi) is 6.04. The largest absolute Gasteiger partial charge is 0.488 e. The van der Waals surface area contributed by atoms with Gasteiger partial charge in [0.1, 0.15) is 12.4 Å². The normalized spacial score (nSPS) is 11.6. The minimum absolute atomic E-state index is 0.108. The van der Waals surface area contributed by atoms with Crippen LogP contribution in [0.25, 0.3) is 22.0 Å². The van der Waals surface area contributed by atoms with Gasteiger partial charge < -0.3 is 14.8 Å². The maximum atomic E-state index is 11.0. The fourth-order valence-electron chi connectivity index (χ4n) is 3.82. The number of ether oxygens (including phenoxy) is 1. The number of aryl methyl sites for hydroxylation is 1. The molecule has 4 aromatic rings. The van der Waals surface area contributed by atoms with Gasteiger partial charge in [0.05, 0.1) is 0 Å². The standard InChI is InChI=1S/C28H29NO3/c1-28(2,3)23-9-4-20(5-10-23)18-32-26-12-6-19(7-13-27(30)31)16-24(26)21-8-11-25-22(17-21)14-15-29-25/h4-6,8-12,14-17,29H,7,13,18H2,1-3H3,(H,30,31). The monoisotopic (exact) mass is 427 g/mol. The third-order valence-electron chi connectivity index (χ3n) is 5.75. The van der Waals surface area contributed by atoms with Crippen LogP contribution in [-0.2, 0) is 23.2 Å². The SMILES string of the molecule is CC(C)(C)c1ccc(COc2ccc(CCC(=O)O)cc2-c2ccc3[nH]ccc3c2)cc1. The molecule has 4 nitrogen and oxygen atoms in total. The molecule has 0 saturated carbocycles. The number of fused-ring (bicyclic) bond motifs is 1. The molecule has 0 aliphatic rings. The van der Waals surface area contributed by atoms with Gasteiger partial charge in [-0.15, -0.1) is 0 Å². The molecule has 0 amide bonds. The van der Waals surface area contributed by atoms with E-state index in [1.54, 1.807) is 0 Å². The number of benzene rings is 3. The summed E-state index contributed by atoms with van der Waals surface area (Å²) >= 11 is 0. The number of nitrogens with one attached hydrogen (secondary N) is 1. The fraction of sp³-hybridized carbons (Fsp3) is 0.250. The summed E-state index contributed by atoms with van der Waals surface area (Å²) in [5.74, 6) is -0.00168. The van der Waals surface area contributed by atoms with Gasteiger partial charge in [0.25, 0.3) is 0 Å². The summed E-state index contributed by atoms with van der Waals surface area (Å²) in [6, 6.07) is 22.8. The Labute approximate surface area is 188 Å². The van der Waals surface area contributed by atoms with Crippen molar-refractivity contribution < 1.29 is 14.6 Å². The van der Waals surface area contributed by atoms with Crippen LogP contribution in [0.4, 0.5) is 0 Å². The van der Waals surface area contributed by atoms with Gasteiger partial charge in [-0.1, -0.05) is 57.2 Å². The molecule has 0 aliphatic carbocycles. The second-order valence-corrected chi connectivity index (χ2v) is 9.24. The first kappa shape index (κ1) is 21.7. The molecule has 164 valence electrons. The molecule has 0 radical (unpaired) electrons. The number of aromatic amines is 1. The molecule has 3 aromatic carbocycles. The van der Waals surface area contributed by atoms with E-state index in [4.69, 9.17) is 9.84 Å². The zero-order chi connectivity index (χ0) is 22.7. The molecule has 0 bridgehead atoms. The molecule has 0 saturated heterocycles. The van der Waals surface area contributed by atoms with Crippen LogP contribution in [0.2, 0.25) is 0 Å². The molecule has 1 heterocycles. The molecular formula is C28H29NO3. The van der Waals surface area contributed by atoms with E-state index < -0.39 is 5.97 Å². The summed E-state index contributed by atoms with van der Waals surface area (Å²) < 4.78 is 6.25. The van der Waals surface area contributed by atoms with E-state index in [1.807, 2.05) is 24.4 Å². The van der Waals surface area contributed by atoms with Gasteiger partial charge in [-0.2, -0.15) is 0 Å². The van der Waals surface area contributed by atoms with Crippen molar-refractivity contribution in [1.82, 2.24) is 4.98 Å². The summed E-state index contributed by atoms with van der Waals surface area (Å²) in [6.07, 6.45) is 2.52. The molecule has 0 fully saturated rings. The Morgan fingerprint density at radius 3 is 2.41 bits per heavy atom. The first-order valence-electron chi connectivity index (χ1n) is 10.9.